The van der Waals surface area contributed by atoms with Crippen molar-refractivity contribution in [3.63, 3.8) is 0 Å². The molecule has 0 aromatic carbocycles. The number of piperidine rings is 1. The summed E-state index contributed by atoms with van der Waals surface area (Å²) in [5.74, 6) is 0.940. The molecule has 2 heterocycles. The fourth-order valence-corrected chi connectivity index (χ4v) is 2.51. The SMILES string of the molecule is CCC(N)C(c1ccco1)N1CCC(O)CC1. The summed E-state index contributed by atoms with van der Waals surface area (Å²) in [6.07, 6.45) is 4.12. The first-order chi connectivity index (χ1) is 8.22. The molecule has 1 aliphatic heterocycles. The van der Waals surface area contributed by atoms with E-state index in [0.29, 0.717) is 0 Å². The summed E-state index contributed by atoms with van der Waals surface area (Å²) in [4.78, 5) is 2.33. The minimum atomic E-state index is -0.152. The number of furan rings is 1. The predicted octanol–water partition coefficient (Wildman–Crippen LogP) is 1.51. The number of aliphatic hydroxyl groups excluding tert-OH is 1. The van der Waals surface area contributed by atoms with Crippen LogP contribution in [0.25, 0.3) is 0 Å². The van der Waals surface area contributed by atoms with E-state index in [1.54, 1.807) is 6.26 Å². The second kappa shape index (κ2) is 5.67. The van der Waals surface area contributed by atoms with Crippen LogP contribution in [0.1, 0.15) is 38.0 Å². The molecule has 1 aliphatic rings. The smallest absolute Gasteiger partial charge is 0.122 e. The van der Waals surface area contributed by atoms with Gasteiger partial charge in [-0.15, -0.1) is 0 Å². The Labute approximate surface area is 102 Å². The lowest BCUT2D eigenvalue weighted by Gasteiger charge is -2.37. The van der Waals surface area contributed by atoms with Crippen LogP contribution in [0.3, 0.4) is 0 Å². The second-order valence-corrected chi connectivity index (χ2v) is 4.80. The first kappa shape index (κ1) is 12.6. The van der Waals surface area contributed by atoms with E-state index in [1.165, 1.54) is 0 Å². The maximum Gasteiger partial charge on any atom is 0.122 e. The third kappa shape index (κ3) is 2.89. The van der Waals surface area contributed by atoms with E-state index in [-0.39, 0.29) is 18.2 Å². The van der Waals surface area contributed by atoms with Gasteiger partial charge in [0.25, 0.3) is 0 Å². The standard InChI is InChI=1S/C13H22N2O2/c1-2-11(14)13(12-4-3-9-17-12)15-7-5-10(16)6-8-15/h3-4,9-11,13,16H,2,5-8,14H2,1H3. The molecule has 17 heavy (non-hydrogen) atoms. The van der Waals surface area contributed by atoms with Crippen LogP contribution in [-0.2, 0) is 0 Å². The largest absolute Gasteiger partial charge is 0.468 e. The molecule has 1 aromatic heterocycles. The van der Waals surface area contributed by atoms with Crippen molar-refractivity contribution in [2.24, 2.45) is 5.73 Å². The number of nitrogens with two attached hydrogens (primary N) is 1. The van der Waals surface area contributed by atoms with Crippen molar-refractivity contribution in [2.75, 3.05) is 13.1 Å². The monoisotopic (exact) mass is 238 g/mol. The Morgan fingerprint density at radius 2 is 2.24 bits per heavy atom. The fourth-order valence-electron chi connectivity index (χ4n) is 2.51. The number of aliphatic hydroxyl groups is 1. The summed E-state index contributed by atoms with van der Waals surface area (Å²) >= 11 is 0. The Hall–Kier alpha value is -0.840. The van der Waals surface area contributed by atoms with Gasteiger partial charge >= 0.3 is 0 Å². The van der Waals surface area contributed by atoms with Crippen molar-refractivity contribution >= 4 is 0 Å². The van der Waals surface area contributed by atoms with Crippen LogP contribution >= 0.6 is 0 Å². The van der Waals surface area contributed by atoms with E-state index in [9.17, 15) is 5.11 Å². The minimum absolute atomic E-state index is 0.0800. The molecular formula is C13H22N2O2. The molecule has 0 saturated carbocycles. The van der Waals surface area contributed by atoms with Gasteiger partial charge in [0.2, 0.25) is 0 Å². The van der Waals surface area contributed by atoms with Gasteiger partial charge in [0.15, 0.2) is 0 Å². The molecule has 3 N–H and O–H groups in total. The van der Waals surface area contributed by atoms with Crippen molar-refractivity contribution in [1.29, 1.82) is 0 Å². The predicted molar refractivity (Wildman–Crippen MR) is 66.5 cm³/mol. The topological polar surface area (TPSA) is 62.6 Å². The Bertz CT molecular complexity index is 318. The number of hydrogen-bond acceptors (Lipinski definition) is 4. The van der Waals surface area contributed by atoms with Crippen molar-refractivity contribution in [3.05, 3.63) is 24.2 Å². The molecule has 96 valence electrons. The van der Waals surface area contributed by atoms with Gasteiger partial charge in [0.1, 0.15) is 5.76 Å². The Balaban J connectivity index is 2.10. The van der Waals surface area contributed by atoms with E-state index in [0.717, 1.165) is 38.1 Å². The zero-order valence-electron chi connectivity index (χ0n) is 10.4. The molecule has 1 aromatic rings. The molecule has 2 rings (SSSR count). The van der Waals surface area contributed by atoms with Gasteiger partial charge in [-0.3, -0.25) is 4.90 Å². The van der Waals surface area contributed by atoms with Gasteiger partial charge in [-0.2, -0.15) is 0 Å². The third-order valence-corrected chi connectivity index (χ3v) is 3.60. The molecule has 1 saturated heterocycles. The van der Waals surface area contributed by atoms with Gasteiger partial charge in [-0.1, -0.05) is 6.92 Å². The number of rotatable bonds is 4. The average Bonchev–Trinajstić information content (AvgIpc) is 2.85. The van der Waals surface area contributed by atoms with E-state index in [4.69, 9.17) is 10.2 Å². The van der Waals surface area contributed by atoms with Crippen LogP contribution < -0.4 is 5.73 Å². The van der Waals surface area contributed by atoms with E-state index >= 15 is 0 Å². The number of likely N-dealkylation sites (tertiary alicyclic amines) is 1. The lowest BCUT2D eigenvalue weighted by Crippen LogP contribution is -2.45. The molecule has 2 unspecified atom stereocenters. The quantitative estimate of drug-likeness (QED) is 0.834. The lowest BCUT2D eigenvalue weighted by atomic mass is 9.98. The highest BCUT2D eigenvalue weighted by Gasteiger charge is 2.30. The summed E-state index contributed by atoms with van der Waals surface area (Å²) in [5, 5.41) is 9.55. The van der Waals surface area contributed by atoms with E-state index < -0.39 is 0 Å². The zero-order chi connectivity index (χ0) is 12.3. The second-order valence-electron chi connectivity index (χ2n) is 4.80. The van der Waals surface area contributed by atoms with Crippen molar-refractivity contribution in [1.82, 2.24) is 4.90 Å². The number of nitrogens with zero attached hydrogens (tertiary/aromatic N) is 1. The maximum atomic E-state index is 9.55. The molecule has 0 spiro atoms. The van der Waals surface area contributed by atoms with Gasteiger partial charge in [0.05, 0.1) is 18.4 Å². The van der Waals surface area contributed by atoms with Gasteiger partial charge in [-0.25, -0.2) is 0 Å². The summed E-state index contributed by atoms with van der Waals surface area (Å²) in [7, 11) is 0. The normalized spacial score (nSPS) is 22.5. The minimum Gasteiger partial charge on any atom is -0.468 e. The molecule has 0 bridgehead atoms. The Morgan fingerprint density at radius 3 is 2.76 bits per heavy atom. The fraction of sp³-hybridized carbons (Fsp3) is 0.692. The molecule has 4 nitrogen and oxygen atoms in total. The highest BCUT2D eigenvalue weighted by molar-refractivity contribution is 5.08. The molecule has 0 amide bonds. The molecule has 2 atom stereocenters. The first-order valence-electron chi connectivity index (χ1n) is 6.43. The molecule has 1 fully saturated rings. The van der Waals surface area contributed by atoms with Crippen LogP contribution in [0.2, 0.25) is 0 Å². The molecule has 4 heteroatoms. The molecule has 0 aliphatic carbocycles. The van der Waals surface area contributed by atoms with Crippen molar-refractivity contribution in [3.8, 4) is 0 Å². The Morgan fingerprint density at radius 1 is 1.53 bits per heavy atom. The summed E-state index contributed by atoms with van der Waals surface area (Å²) in [6, 6.07) is 4.12. The molecule has 0 radical (unpaired) electrons. The lowest BCUT2D eigenvalue weighted by molar-refractivity contribution is 0.0465. The third-order valence-electron chi connectivity index (χ3n) is 3.60. The Kier molecular flexibility index (Phi) is 4.20. The van der Waals surface area contributed by atoms with Crippen LogP contribution in [0.15, 0.2) is 22.8 Å². The van der Waals surface area contributed by atoms with Crippen LogP contribution in [-0.4, -0.2) is 35.2 Å². The highest BCUT2D eigenvalue weighted by Crippen LogP contribution is 2.28. The van der Waals surface area contributed by atoms with Gasteiger partial charge in [-0.05, 0) is 31.4 Å². The van der Waals surface area contributed by atoms with E-state index in [2.05, 4.69) is 11.8 Å². The van der Waals surface area contributed by atoms with Crippen LogP contribution in [0.5, 0.6) is 0 Å². The van der Waals surface area contributed by atoms with Gasteiger partial charge < -0.3 is 15.3 Å². The van der Waals surface area contributed by atoms with Crippen LogP contribution in [0, 0.1) is 0 Å². The molecular weight excluding hydrogens is 216 g/mol. The van der Waals surface area contributed by atoms with E-state index in [1.807, 2.05) is 12.1 Å². The summed E-state index contributed by atoms with van der Waals surface area (Å²) in [6.45, 7) is 3.87. The first-order valence-corrected chi connectivity index (χ1v) is 6.43. The van der Waals surface area contributed by atoms with Crippen molar-refractivity contribution in [2.45, 2.75) is 44.4 Å². The summed E-state index contributed by atoms with van der Waals surface area (Å²) in [5.41, 5.74) is 6.21. The average molecular weight is 238 g/mol. The van der Waals surface area contributed by atoms with Crippen molar-refractivity contribution < 1.29 is 9.52 Å². The van der Waals surface area contributed by atoms with Crippen LogP contribution in [0.4, 0.5) is 0 Å². The number of hydrogen-bond donors (Lipinski definition) is 2. The highest BCUT2D eigenvalue weighted by atomic mass is 16.3. The zero-order valence-corrected chi connectivity index (χ0v) is 10.4. The summed E-state index contributed by atoms with van der Waals surface area (Å²) < 4.78 is 5.51. The van der Waals surface area contributed by atoms with Gasteiger partial charge in [0, 0.05) is 19.1 Å². The maximum absolute atomic E-state index is 9.55.